The van der Waals surface area contributed by atoms with Gasteiger partial charge in [-0.2, -0.15) is 0 Å². The van der Waals surface area contributed by atoms with Gasteiger partial charge in [-0.15, -0.1) is 0 Å². The van der Waals surface area contributed by atoms with Gasteiger partial charge in [0.2, 0.25) is 0 Å². The summed E-state index contributed by atoms with van der Waals surface area (Å²) in [4.78, 5) is 12.7. The van der Waals surface area contributed by atoms with Gasteiger partial charge in [-0.1, -0.05) is 74.5 Å². The molecule has 0 radical (unpaired) electrons. The molecule has 0 unspecified atom stereocenters. The topological polar surface area (TPSA) is 26.3 Å². The van der Waals surface area contributed by atoms with Crippen LogP contribution in [0.5, 0.6) is 0 Å². The number of ether oxygens (including phenoxy) is 1. The van der Waals surface area contributed by atoms with E-state index in [-0.39, 0.29) is 11.2 Å². The summed E-state index contributed by atoms with van der Waals surface area (Å²) < 4.78 is 6.59. The Morgan fingerprint density at radius 2 is 1.33 bits per heavy atom. The largest absolute Gasteiger partial charge is 0.481 e. The lowest BCUT2D eigenvalue weighted by Gasteiger charge is -2.32. The van der Waals surface area contributed by atoms with Crippen LogP contribution in [-0.4, -0.2) is 5.78 Å². The minimum Gasteiger partial charge on any atom is -0.481 e. The number of ketones is 1. The molecule has 2 aliphatic rings. The van der Waals surface area contributed by atoms with Gasteiger partial charge < -0.3 is 4.74 Å². The van der Waals surface area contributed by atoms with Gasteiger partial charge in [0.1, 0.15) is 5.76 Å². The molecule has 0 spiro atoms. The van der Waals surface area contributed by atoms with Crippen LogP contribution in [-0.2, 0) is 15.1 Å². The summed E-state index contributed by atoms with van der Waals surface area (Å²) in [7, 11) is 0. The van der Waals surface area contributed by atoms with Gasteiger partial charge in [0.15, 0.2) is 11.4 Å². The monoisotopic (exact) mass is 318 g/mol. The molecule has 0 fully saturated rings. The van der Waals surface area contributed by atoms with E-state index >= 15 is 0 Å². The third-order valence-electron chi connectivity index (χ3n) is 5.15. The first-order valence-corrected chi connectivity index (χ1v) is 8.56. The first-order valence-electron chi connectivity index (χ1n) is 8.56. The summed E-state index contributed by atoms with van der Waals surface area (Å²) >= 11 is 0. The van der Waals surface area contributed by atoms with Crippen LogP contribution in [0, 0.1) is 5.41 Å². The van der Waals surface area contributed by atoms with Crippen LogP contribution < -0.4 is 0 Å². The van der Waals surface area contributed by atoms with Crippen molar-refractivity contribution >= 4 is 5.78 Å². The van der Waals surface area contributed by atoms with Crippen molar-refractivity contribution in [3.63, 3.8) is 0 Å². The molecule has 24 heavy (non-hydrogen) atoms. The number of carbonyl (C=O) groups is 1. The molecular formula is C22H22O2. The Bertz CT molecular complexity index is 761. The van der Waals surface area contributed by atoms with Crippen molar-refractivity contribution < 1.29 is 9.53 Å². The first kappa shape index (κ1) is 15.2. The van der Waals surface area contributed by atoms with Crippen LogP contribution in [0.2, 0.25) is 0 Å². The molecule has 122 valence electrons. The molecule has 0 atom stereocenters. The second-order valence-electron chi connectivity index (χ2n) is 7.68. The highest BCUT2D eigenvalue weighted by atomic mass is 16.5. The fourth-order valence-electron chi connectivity index (χ4n) is 3.99. The van der Waals surface area contributed by atoms with Crippen LogP contribution in [0.15, 0.2) is 72.0 Å². The SMILES string of the molecule is CC1(C)CC(=O)C2=C(C1)OC(c1ccccc1)(c1ccccc1)C2. The van der Waals surface area contributed by atoms with Gasteiger partial charge in [0.25, 0.3) is 0 Å². The third kappa shape index (κ3) is 2.37. The van der Waals surface area contributed by atoms with Gasteiger partial charge >= 0.3 is 0 Å². The van der Waals surface area contributed by atoms with Crippen molar-refractivity contribution in [3.05, 3.63) is 83.1 Å². The van der Waals surface area contributed by atoms with E-state index in [1.54, 1.807) is 0 Å². The maximum Gasteiger partial charge on any atom is 0.163 e. The molecule has 1 aliphatic carbocycles. The van der Waals surface area contributed by atoms with Crippen LogP contribution >= 0.6 is 0 Å². The average molecular weight is 318 g/mol. The Morgan fingerprint density at radius 1 is 0.792 bits per heavy atom. The molecule has 0 N–H and O–H groups in total. The Labute approximate surface area is 143 Å². The summed E-state index contributed by atoms with van der Waals surface area (Å²) in [5.74, 6) is 1.14. The van der Waals surface area contributed by atoms with E-state index < -0.39 is 5.60 Å². The van der Waals surface area contributed by atoms with E-state index in [9.17, 15) is 4.79 Å². The zero-order chi connectivity index (χ0) is 16.8. The lowest BCUT2D eigenvalue weighted by Crippen LogP contribution is -2.27. The predicted molar refractivity (Wildman–Crippen MR) is 94.4 cm³/mol. The molecule has 2 aromatic carbocycles. The molecule has 4 rings (SSSR count). The highest BCUT2D eigenvalue weighted by molar-refractivity contribution is 5.98. The van der Waals surface area contributed by atoms with Gasteiger partial charge in [-0.25, -0.2) is 0 Å². The quantitative estimate of drug-likeness (QED) is 0.779. The molecule has 1 heterocycles. The van der Waals surface area contributed by atoms with Crippen molar-refractivity contribution in [1.29, 1.82) is 0 Å². The zero-order valence-electron chi connectivity index (χ0n) is 14.2. The number of rotatable bonds is 2. The molecular weight excluding hydrogens is 296 g/mol. The van der Waals surface area contributed by atoms with Crippen LogP contribution in [0.3, 0.4) is 0 Å². The standard InChI is InChI=1S/C22H22O2/c1-21(2)14-19(23)18-13-22(24-20(18)15-21,16-9-5-3-6-10-16)17-11-7-4-8-12-17/h3-12H,13-15H2,1-2H3. The van der Waals surface area contributed by atoms with Gasteiger partial charge in [0, 0.05) is 36.0 Å². The van der Waals surface area contributed by atoms with Gasteiger partial charge in [-0.3, -0.25) is 4.79 Å². The maximum absolute atomic E-state index is 12.7. The molecule has 0 aromatic heterocycles. The van der Waals surface area contributed by atoms with Crippen molar-refractivity contribution in [2.45, 2.75) is 38.7 Å². The normalized spacial score (nSPS) is 21.3. The molecule has 0 bridgehead atoms. The summed E-state index contributed by atoms with van der Waals surface area (Å²) in [6.45, 7) is 4.28. The molecule has 2 nitrogen and oxygen atoms in total. The van der Waals surface area contributed by atoms with Crippen molar-refractivity contribution in [1.82, 2.24) is 0 Å². The van der Waals surface area contributed by atoms with Crippen LogP contribution in [0.1, 0.15) is 44.2 Å². The predicted octanol–water partition coefficient (Wildman–Crippen LogP) is 4.99. The molecule has 1 aliphatic heterocycles. The fraction of sp³-hybridized carbons (Fsp3) is 0.318. The number of hydrogen-bond acceptors (Lipinski definition) is 2. The molecule has 2 aromatic rings. The van der Waals surface area contributed by atoms with E-state index in [2.05, 4.69) is 38.1 Å². The minimum atomic E-state index is -0.580. The molecule has 0 saturated carbocycles. The van der Waals surface area contributed by atoms with Gasteiger partial charge in [0.05, 0.1) is 0 Å². The lowest BCUT2D eigenvalue weighted by molar-refractivity contribution is -0.118. The van der Waals surface area contributed by atoms with Crippen LogP contribution in [0.4, 0.5) is 0 Å². The Hall–Kier alpha value is -2.35. The number of hydrogen-bond donors (Lipinski definition) is 0. The van der Waals surface area contributed by atoms with E-state index in [0.717, 1.165) is 28.9 Å². The fourth-order valence-corrected chi connectivity index (χ4v) is 3.99. The molecule has 0 amide bonds. The summed E-state index contributed by atoms with van der Waals surface area (Å²) in [5.41, 5.74) is 2.50. The second-order valence-corrected chi connectivity index (χ2v) is 7.68. The van der Waals surface area contributed by atoms with Crippen molar-refractivity contribution in [2.24, 2.45) is 5.41 Å². The van der Waals surface area contributed by atoms with E-state index in [0.29, 0.717) is 12.8 Å². The second kappa shape index (κ2) is 5.34. The van der Waals surface area contributed by atoms with Crippen molar-refractivity contribution in [2.75, 3.05) is 0 Å². The number of carbonyl (C=O) groups excluding carboxylic acids is 1. The van der Waals surface area contributed by atoms with E-state index in [1.807, 2.05) is 36.4 Å². The molecule has 0 saturated heterocycles. The number of allylic oxidation sites excluding steroid dienone is 1. The van der Waals surface area contributed by atoms with Crippen molar-refractivity contribution in [3.8, 4) is 0 Å². The minimum absolute atomic E-state index is 0.0284. The number of Topliss-reactive ketones (excluding diaryl/α,β-unsaturated/α-hetero) is 1. The zero-order valence-corrected chi connectivity index (χ0v) is 14.2. The van der Waals surface area contributed by atoms with E-state index in [1.165, 1.54) is 0 Å². The number of benzene rings is 2. The third-order valence-corrected chi connectivity index (χ3v) is 5.15. The Kier molecular flexibility index (Phi) is 3.38. The highest BCUT2D eigenvalue weighted by Crippen LogP contribution is 2.52. The smallest absolute Gasteiger partial charge is 0.163 e. The summed E-state index contributed by atoms with van der Waals surface area (Å²) in [5, 5.41) is 0. The highest BCUT2D eigenvalue weighted by Gasteiger charge is 2.49. The van der Waals surface area contributed by atoms with Gasteiger partial charge in [-0.05, 0) is 5.41 Å². The lowest BCUT2D eigenvalue weighted by atomic mass is 9.74. The summed E-state index contributed by atoms with van der Waals surface area (Å²) in [6, 6.07) is 20.6. The first-order chi connectivity index (χ1) is 11.5. The Morgan fingerprint density at radius 3 is 1.88 bits per heavy atom. The van der Waals surface area contributed by atoms with Crippen LogP contribution in [0.25, 0.3) is 0 Å². The maximum atomic E-state index is 12.7. The van der Waals surface area contributed by atoms with E-state index in [4.69, 9.17) is 4.74 Å². The molecule has 2 heteroatoms. The Balaban J connectivity index is 1.83. The summed E-state index contributed by atoms with van der Waals surface area (Å²) in [6.07, 6.45) is 2.07. The average Bonchev–Trinajstić information content (AvgIpc) is 2.96.